The quantitative estimate of drug-likeness (QED) is 0.490. The van der Waals surface area contributed by atoms with Gasteiger partial charge in [0.05, 0.1) is 0 Å². The molecule has 0 heterocycles. The van der Waals surface area contributed by atoms with Gasteiger partial charge in [0.15, 0.2) is 6.29 Å². The zero-order valence-electron chi connectivity index (χ0n) is 10.4. The summed E-state index contributed by atoms with van der Waals surface area (Å²) < 4.78 is 0. The zero-order chi connectivity index (χ0) is 11.4. The molecule has 0 unspecified atom stereocenters. The fourth-order valence-electron chi connectivity index (χ4n) is 1.63. The number of rotatable bonds is 11. The molecule has 0 aliphatic rings. The molecule has 0 aromatic carbocycles. The van der Waals surface area contributed by atoms with Gasteiger partial charge in [-0.3, -0.25) is 4.79 Å². The van der Waals surface area contributed by atoms with Gasteiger partial charge in [-0.2, -0.15) is 0 Å². The van der Waals surface area contributed by atoms with Gasteiger partial charge in [0.1, 0.15) is 0 Å². The van der Waals surface area contributed by atoms with Gasteiger partial charge in [-0.1, -0.05) is 26.7 Å². The molecule has 0 bridgehead atoms. The molecule has 0 N–H and O–H groups in total. The van der Waals surface area contributed by atoms with E-state index in [1.165, 1.54) is 38.8 Å². The van der Waals surface area contributed by atoms with Crippen LogP contribution in [0.25, 0.3) is 0 Å². The molecule has 0 spiro atoms. The van der Waals surface area contributed by atoms with E-state index in [-0.39, 0.29) is 0 Å². The monoisotopic (exact) mass is 212 g/mol. The smallest absolute Gasteiger partial charge is 0.198 e. The van der Waals surface area contributed by atoms with Gasteiger partial charge in [0.2, 0.25) is 0 Å². The molecule has 89 valence electrons. The van der Waals surface area contributed by atoms with Gasteiger partial charge in [-0.15, -0.1) is 0 Å². The molecule has 0 aliphatic carbocycles. The van der Waals surface area contributed by atoms with Crippen LogP contribution in [0.4, 0.5) is 0 Å². The Morgan fingerprint density at radius 2 is 1.40 bits per heavy atom. The van der Waals surface area contributed by atoms with Crippen LogP contribution in [-0.4, -0.2) is 30.8 Å². The van der Waals surface area contributed by atoms with Crippen LogP contribution >= 0.6 is 0 Å². The van der Waals surface area contributed by atoms with Crippen LogP contribution < -0.4 is 0 Å². The first-order valence-electron chi connectivity index (χ1n) is 6.42. The van der Waals surface area contributed by atoms with Gasteiger partial charge in [0, 0.05) is 6.42 Å². The standard InChI is InChI=1S/C13H26NO/c1-3-5-10-14(11-6-4-2)12-8-7-9-13-15/h3-12H2,1-2H3. The summed E-state index contributed by atoms with van der Waals surface area (Å²) in [6, 6.07) is 0. The summed E-state index contributed by atoms with van der Waals surface area (Å²) in [5.41, 5.74) is 0. The van der Waals surface area contributed by atoms with Crippen molar-refractivity contribution >= 4 is 6.29 Å². The van der Waals surface area contributed by atoms with E-state index in [1.54, 1.807) is 0 Å². The Morgan fingerprint density at radius 3 is 1.87 bits per heavy atom. The van der Waals surface area contributed by atoms with Crippen LogP contribution in [0, 0.1) is 0 Å². The molecule has 0 atom stereocenters. The van der Waals surface area contributed by atoms with Crippen molar-refractivity contribution in [2.45, 2.75) is 58.8 Å². The Labute approximate surface area is 95.0 Å². The van der Waals surface area contributed by atoms with Crippen molar-refractivity contribution in [3.8, 4) is 0 Å². The molecular weight excluding hydrogens is 186 g/mol. The Bertz CT molecular complexity index is 128. The van der Waals surface area contributed by atoms with Gasteiger partial charge >= 0.3 is 0 Å². The van der Waals surface area contributed by atoms with Crippen molar-refractivity contribution in [3.63, 3.8) is 0 Å². The second kappa shape index (κ2) is 11.7. The van der Waals surface area contributed by atoms with Crippen LogP contribution in [0.5, 0.6) is 0 Å². The topological polar surface area (TPSA) is 20.3 Å². The van der Waals surface area contributed by atoms with Crippen molar-refractivity contribution in [2.24, 2.45) is 0 Å². The highest BCUT2D eigenvalue weighted by Crippen LogP contribution is 2.02. The van der Waals surface area contributed by atoms with Crippen molar-refractivity contribution in [1.29, 1.82) is 0 Å². The van der Waals surface area contributed by atoms with Crippen LogP contribution in [-0.2, 0) is 4.79 Å². The zero-order valence-corrected chi connectivity index (χ0v) is 10.4. The Morgan fingerprint density at radius 1 is 0.867 bits per heavy atom. The third-order valence-electron chi connectivity index (χ3n) is 2.66. The largest absolute Gasteiger partial charge is 0.303 e. The van der Waals surface area contributed by atoms with E-state index in [2.05, 4.69) is 18.7 Å². The third-order valence-corrected chi connectivity index (χ3v) is 2.66. The van der Waals surface area contributed by atoms with Crippen molar-refractivity contribution in [2.75, 3.05) is 19.6 Å². The molecule has 2 heteroatoms. The molecule has 0 aromatic rings. The molecule has 0 rings (SSSR count). The fourth-order valence-corrected chi connectivity index (χ4v) is 1.63. The number of unbranched alkanes of at least 4 members (excludes halogenated alkanes) is 4. The lowest BCUT2D eigenvalue weighted by molar-refractivity contribution is 0.260. The average molecular weight is 212 g/mol. The fraction of sp³-hybridized carbons (Fsp3) is 0.923. The molecule has 15 heavy (non-hydrogen) atoms. The molecule has 2 nitrogen and oxygen atoms in total. The van der Waals surface area contributed by atoms with E-state index < -0.39 is 0 Å². The van der Waals surface area contributed by atoms with Crippen LogP contribution in [0.1, 0.15) is 58.8 Å². The maximum atomic E-state index is 10.1. The summed E-state index contributed by atoms with van der Waals surface area (Å²) in [5, 5.41) is 0. The predicted molar refractivity (Wildman–Crippen MR) is 65.8 cm³/mol. The van der Waals surface area contributed by atoms with Crippen molar-refractivity contribution < 1.29 is 4.79 Å². The summed E-state index contributed by atoms with van der Waals surface area (Å²) >= 11 is 0. The summed E-state index contributed by atoms with van der Waals surface area (Å²) in [7, 11) is 0. The average Bonchev–Trinajstić information content (AvgIpc) is 2.27. The highest BCUT2D eigenvalue weighted by molar-refractivity contribution is 5.50. The molecule has 0 aromatic heterocycles. The predicted octanol–water partition coefficient (Wildman–Crippen LogP) is 3.17. The van der Waals surface area contributed by atoms with Crippen LogP contribution in [0.3, 0.4) is 0 Å². The molecule has 0 aliphatic heterocycles. The molecule has 1 radical (unpaired) electrons. The molecule has 0 amide bonds. The Kier molecular flexibility index (Phi) is 11.4. The van der Waals surface area contributed by atoms with E-state index >= 15 is 0 Å². The van der Waals surface area contributed by atoms with Gasteiger partial charge in [-0.25, -0.2) is 0 Å². The van der Waals surface area contributed by atoms with E-state index in [4.69, 9.17) is 0 Å². The lowest BCUT2D eigenvalue weighted by atomic mass is 10.2. The third kappa shape index (κ3) is 9.92. The SMILES string of the molecule is CCCCN(CCCC)CCCC[C]=O. The van der Waals surface area contributed by atoms with Crippen LogP contribution in [0.15, 0.2) is 0 Å². The number of hydrogen-bond acceptors (Lipinski definition) is 2. The first-order chi connectivity index (χ1) is 7.35. The summed E-state index contributed by atoms with van der Waals surface area (Å²) in [6.07, 6.45) is 9.83. The molecule has 0 saturated heterocycles. The maximum Gasteiger partial charge on any atom is 0.198 e. The highest BCUT2D eigenvalue weighted by Gasteiger charge is 2.02. The van der Waals surface area contributed by atoms with Crippen molar-refractivity contribution in [1.82, 2.24) is 4.90 Å². The number of nitrogens with zero attached hydrogens (tertiary/aromatic N) is 1. The maximum absolute atomic E-state index is 10.1. The second-order valence-corrected chi connectivity index (χ2v) is 4.15. The minimum absolute atomic E-state index is 0.607. The summed E-state index contributed by atoms with van der Waals surface area (Å²) in [6.45, 7) is 8.07. The van der Waals surface area contributed by atoms with Crippen LogP contribution in [0.2, 0.25) is 0 Å². The first kappa shape index (κ1) is 14.6. The van der Waals surface area contributed by atoms with Gasteiger partial charge in [-0.05, 0) is 45.3 Å². The molecular formula is C13H26NO. The second-order valence-electron chi connectivity index (χ2n) is 4.15. The Hall–Kier alpha value is -0.370. The van der Waals surface area contributed by atoms with E-state index in [1.807, 2.05) is 6.29 Å². The summed E-state index contributed by atoms with van der Waals surface area (Å²) in [4.78, 5) is 12.6. The van der Waals surface area contributed by atoms with E-state index in [0.717, 1.165) is 19.4 Å². The van der Waals surface area contributed by atoms with E-state index in [9.17, 15) is 4.79 Å². The van der Waals surface area contributed by atoms with E-state index in [0.29, 0.717) is 6.42 Å². The molecule has 0 fully saturated rings. The highest BCUT2D eigenvalue weighted by atomic mass is 16.1. The van der Waals surface area contributed by atoms with Gasteiger partial charge in [0.25, 0.3) is 0 Å². The lowest BCUT2D eigenvalue weighted by Crippen LogP contribution is -2.27. The summed E-state index contributed by atoms with van der Waals surface area (Å²) in [5.74, 6) is 0. The minimum Gasteiger partial charge on any atom is -0.303 e. The first-order valence-corrected chi connectivity index (χ1v) is 6.42. The minimum atomic E-state index is 0.607. The van der Waals surface area contributed by atoms with Gasteiger partial charge < -0.3 is 4.90 Å². The normalized spacial score (nSPS) is 10.9. The number of carbonyl (C=O) groups excluding carboxylic acids is 1. The lowest BCUT2D eigenvalue weighted by Gasteiger charge is -2.21. The Balaban J connectivity index is 3.53. The molecule has 0 saturated carbocycles. The van der Waals surface area contributed by atoms with Crippen molar-refractivity contribution in [3.05, 3.63) is 0 Å². The number of hydrogen-bond donors (Lipinski definition) is 0.